The van der Waals surface area contributed by atoms with Crippen molar-refractivity contribution in [2.24, 2.45) is 11.3 Å². The van der Waals surface area contributed by atoms with Gasteiger partial charge in [-0.05, 0) is 31.9 Å². The lowest BCUT2D eigenvalue weighted by Crippen LogP contribution is -2.50. The summed E-state index contributed by atoms with van der Waals surface area (Å²) in [5.41, 5.74) is -0.248. The quantitative estimate of drug-likeness (QED) is 0.775. The van der Waals surface area contributed by atoms with Crippen LogP contribution in [0.1, 0.15) is 39.4 Å². The number of hydrogen-bond acceptors (Lipinski definition) is 6. The first-order chi connectivity index (χ1) is 10.8. The highest BCUT2D eigenvalue weighted by Crippen LogP contribution is 2.34. The van der Waals surface area contributed by atoms with E-state index < -0.39 is 17.5 Å². The van der Waals surface area contributed by atoms with Gasteiger partial charge in [0.2, 0.25) is 0 Å². The smallest absolute Gasteiger partial charge is 0.323 e. The van der Waals surface area contributed by atoms with E-state index in [0.29, 0.717) is 5.69 Å². The van der Waals surface area contributed by atoms with Crippen molar-refractivity contribution in [3.05, 3.63) is 30.1 Å². The molecule has 6 nitrogen and oxygen atoms in total. The van der Waals surface area contributed by atoms with E-state index in [1.807, 2.05) is 26.0 Å². The highest BCUT2D eigenvalue weighted by molar-refractivity contribution is 5.78. The summed E-state index contributed by atoms with van der Waals surface area (Å²) >= 11 is 0. The molecule has 1 N–H and O–H groups in total. The molecule has 0 unspecified atom stereocenters. The van der Waals surface area contributed by atoms with Gasteiger partial charge in [0.25, 0.3) is 0 Å². The number of carbonyl (C=O) groups excluding carboxylic acids is 2. The zero-order valence-electron chi connectivity index (χ0n) is 14.6. The van der Waals surface area contributed by atoms with Gasteiger partial charge in [-0.25, -0.2) is 0 Å². The van der Waals surface area contributed by atoms with Crippen molar-refractivity contribution in [3.8, 4) is 0 Å². The zero-order valence-corrected chi connectivity index (χ0v) is 14.6. The van der Waals surface area contributed by atoms with E-state index in [0.717, 1.165) is 0 Å². The van der Waals surface area contributed by atoms with Crippen LogP contribution in [0.4, 0.5) is 0 Å². The summed E-state index contributed by atoms with van der Waals surface area (Å²) in [5, 5.41) is 3.24. The Morgan fingerprint density at radius 3 is 2.26 bits per heavy atom. The van der Waals surface area contributed by atoms with E-state index >= 15 is 0 Å². The van der Waals surface area contributed by atoms with Gasteiger partial charge in [-0.15, -0.1) is 0 Å². The number of methoxy groups -OCH3 is 2. The van der Waals surface area contributed by atoms with Gasteiger partial charge < -0.3 is 9.47 Å². The minimum atomic E-state index is -0.912. The van der Waals surface area contributed by atoms with E-state index in [4.69, 9.17) is 9.47 Å². The van der Waals surface area contributed by atoms with Crippen molar-refractivity contribution >= 4 is 11.9 Å². The van der Waals surface area contributed by atoms with Gasteiger partial charge in [0, 0.05) is 6.20 Å². The summed E-state index contributed by atoms with van der Waals surface area (Å²) in [6.07, 6.45) is 1.65. The first kappa shape index (κ1) is 19.1. The van der Waals surface area contributed by atoms with Gasteiger partial charge in [0.05, 0.1) is 31.4 Å². The number of aromatic nitrogens is 1. The van der Waals surface area contributed by atoms with Crippen molar-refractivity contribution in [3.63, 3.8) is 0 Å². The summed E-state index contributed by atoms with van der Waals surface area (Å²) < 4.78 is 9.80. The molecule has 0 amide bonds. The van der Waals surface area contributed by atoms with Crippen LogP contribution >= 0.6 is 0 Å². The molecule has 0 saturated carbocycles. The average Bonchev–Trinajstić information content (AvgIpc) is 2.54. The third-order valence-electron chi connectivity index (χ3n) is 3.88. The summed E-state index contributed by atoms with van der Waals surface area (Å²) in [7, 11) is 2.69. The predicted octanol–water partition coefficient (Wildman–Crippen LogP) is 2.11. The van der Waals surface area contributed by atoms with Gasteiger partial charge in [-0.2, -0.15) is 0 Å². The number of pyridine rings is 1. The lowest BCUT2D eigenvalue weighted by atomic mass is 9.81. The molecule has 0 saturated heterocycles. The number of carbonyl (C=O) groups is 2. The Bertz CT molecular complexity index is 529. The fourth-order valence-corrected chi connectivity index (χ4v) is 2.43. The van der Waals surface area contributed by atoms with E-state index in [2.05, 4.69) is 10.3 Å². The van der Waals surface area contributed by atoms with Gasteiger partial charge in [0.1, 0.15) is 6.04 Å². The monoisotopic (exact) mass is 322 g/mol. The molecule has 23 heavy (non-hydrogen) atoms. The van der Waals surface area contributed by atoms with Crippen LogP contribution in [0.2, 0.25) is 0 Å². The van der Waals surface area contributed by atoms with Crippen molar-refractivity contribution in [2.45, 2.75) is 39.8 Å². The zero-order chi connectivity index (χ0) is 17.6. The first-order valence-corrected chi connectivity index (χ1v) is 7.58. The summed E-state index contributed by atoms with van der Waals surface area (Å²) in [4.78, 5) is 28.6. The van der Waals surface area contributed by atoms with Crippen LogP contribution in [0.25, 0.3) is 0 Å². The molecule has 1 aromatic rings. The summed E-state index contributed by atoms with van der Waals surface area (Å²) in [6, 6.07) is 4.40. The normalized spacial score (nSPS) is 14.2. The van der Waals surface area contributed by atoms with Gasteiger partial charge >= 0.3 is 11.9 Å². The summed E-state index contributed by atoms with van der Waals surface area (Å²) in [6.45, 7) is 7.35. The molecule has 1 rings (SSSR count). The number of esters is 2. The Hall–Kier alpha value is -1.95. The van der Waals surface area contributed by atoms with Crippen LogP contribution in [-0.2, 0) is 19.1 Å². The number of hydrogen-bond donors (Lipinski definition) is 1. The molecule has 0 bridgehead atoms. The standard InChI is InChI=1S/C17H26N2O4/c1-11(2)13(15(20)22-5)19-14(12-9-7-8-10-18-12)17(3,4)16(21)23-6/h7-11,13-14,19H,1-6H3/t13-,14+/m0/s1. The van der Waals surface area contributed by atoms with Crippen LogP contribution in [0.3, 0.4) is 0 Å². The molecular weight excluding hydrogens is 296 g/mol. The maximum atomic E-state index is 12.2. The SMILES string of the molecule is COC(=O)[C@@H](N[C@H](c1ccccn1)C(C)(C)C(=O)OC)C(C)C. The number of nitrogens with one attached hydrogen (secondary N) is 1. The highest BCUT2D eigenvalue weighted by Gasteiger charge is 2.42. The fourth-order valence-electron chi connectivity index (χ4n) is 2.43. The van der Waals surface area contributed by atoms with Gasteiger partial charge in [0.15, 0.2) is 0 Å². The van der Waals surface area contributed by atoms with Crippen LogP contribution < -0.4 is 5.32 Å². The molecule has 0 aliphatic heterocycles. The molecule has 0 aliphatic rings. The largest absolute Gasteiger partial charge is 0.469 e. The molecule has 2 atom stereocenters. The van der Waals surface area contributed by atoms with Crippen LogP contribution in [0.5, 0.6) is 0 Å². The van der Waals surface area contributed by atoms with E-state index in [-0.39, 0.29) is 17.9 Å². The molecule has 0 aliphatic carbocycles. The number of ether oxygens (including phenoxy) is 2. The highest BCUT2D eigenvalue weighted by atomic mass is 16.5. The van der Waals surface area contributed by atoms with E-state index in [9.17, 15) is 9.59 Å². The Labute approximate surface area is 137 Å². The second-order valence-electron chi connectivity index (χ2n) is 6.31. The fraction of sp³-hybridized carbons (Fsp3) is 0.588. The lowest BCUT2D eigenvalue weighted by molar-refractivity contribution is -0.154. The number of rotatable bonds is 7. The first-order valence-electron chi connectivity index (χ1n) is 7.58. The second kappa shape index (κ2) is 8.06. The van der Waals surface area contributed by atoms with Crippen molar-refractivity contribution in [1.29, 1.82) is 0 Å². The third-order valence-corrected chi connectivity index (χ3v) is 3.88. The molecular formula is C17H26N2O4. The van der Waals surface area contributed by atoms with Crippen molar-refractivity contribution < 1.29 is 19.1 Å². The van der Waals surface area contributed by atoms with Crippen molar-refractivity contribution in [2.75, 3.05) is 14.2 Å². The predicted molar refractivity (Wildman–Crippen MR) is 86.6 cm³/mol. The number of nitrogens with zero attached hydrogens (tertiary/aromatic N) is 1. The van der Waals surface area contributed by atoms with Crippen LogP contribution in [0.15, 0.2) is 24.4 Å². The van der Waals surface area contributed by atoms with E-state index in [1.54, 1.807) is 26.1 Å². The average molecular weight is 322 g/mol. The maximum absolute atomic E-state index is 12.2. The van der Waals surface area contributed by atoms with Crippen molar-refractivity contribution in [1.82, 2.24) is 10.3 Å². The molecule has 0 aromatic carbocycles. The summed E-state index contributed by atoms with van der Waals surface area (Å²) in [5.74, 6) is -0.767. The molecule has 1 heterocycles. The lowest BCUT2D eigenvalue weighted by Gasteiger charge is -2.35. The minimum absolute atomic E-state index is 0.0119. The molecule has 0 spiro atoms. The Balaban J connectivity index is 3.24. The van der Waals surface area contributed by atoms with Crippen LogP contribution in [-0.4, -0.2) is 37.2 Å². The van der Waals surface area contributed by atoms with Gasteiger partial charge in [-0.1, -0.05) is 19.9 Å². The Morgan fingerprint density at radius 1 is 1.17 bits per heavy atom. The molecule has 1 aromatic heterocycles. The van der Waals surface area contributed by atoms with Gasteiger partial charge in [-0.3, -0.25) is 19.9 Å². The molecule has 128 valence electrons. The third kappa shape index (κ3) is 4.51. The Morgan fingerprint density at radius 2 is 1.83 bits per heavy atom. The Kier molecular flexibility index (Phi) is 6.69. The van der Waals surface area contributed by atoms with E-state index in [1.165, 1.54) is 14.2 Å². The molecule has 0 fully saturated rings. The molecule has 0 radical (unpaired) electrons. The maximum Gasteiger partial charge on any atom is 0.323 e. The molecule has 6 heteroatoms. The second-order valence-corrected chi connectivity index (χ2v) is 6.31. The minimum Gasteiger partial charge on any atom is -0.469 e. The van der Waals surface area contributed by atoms with Crippen LogP contribution in [0, 0.1) is 11.3 Å². The topological polar surface area (TPSA) is 77.5 Å².